The van der Waals surface area contributed by atoms with E-state index >= 15 is 0 Å². The standard InChI is InChI=1S/Ca.Cr.Cu.10FH.Fe.H2I/h;;;10*1H;;1H2/q+2;+3;+2;;;;;;;;;;;+2;+1/p-10. The molecule has 0 aliphatic rings. The van der Waals surface area contributed by atoms with Gasteiger partial charge in [-0.25, -0.2) is 0 Å². The van der Waals surface area contributed by atoms with Crippen LogP contribution in [0.3, 0.4) is 0 Å². The summed E-state index contributed by atoms with van der Waals surface area (Å²) in [6.45, 7) is 0. The van der Waals surface area contributed by atoms with Crippen LogP contribution in [-0.4, -0.2) is 37.7 Å². The minimum Gasteiger partial charge on any atom is -1.00 e. The summed E-state index contributed by atoms with van der Waals surface area (Å²) in [6.07, 6.45) is 0. The van der Waals surface area contributed by atoms with E-state index in [4.69, 9.17) is 0 Å². The van der Waals surface area contributed by atoms with Crippen LogP contribution in [0.1, 0.15) is 0 Å². The molecule has 0 atom stereocenters. The van der Waals surface area contributed by atoms with Gasteiger partial charge in [-0.2, -0.15) is 0 Å². The molecule has 0 nitrogen and oxygen atoms in total. The van der Waals surface area contributed by atoms with Crippen LogP contribution in [0.5, 0.6) is 0 Å². The fourth-order valence-corrected chi connectivity index (χ4v) is 0. The Kier molecular flexibility index (Phi) is 21400. The van der Waals surface area contributed by atoms with Gasteiger partial charge in [0.15, 0.2) is 0 Å². The molecule has 15 heteroatoms. The van der Waals surface area contributed by atoms with Crippen molar-refractivity contribution in [1.82, 2.24) is 0 Å². The summed E-state index contributed by atoms with van der Waals surface area (Å²) in [4.78, 5) is 0. The Hall–Kier alpha value is 2.86. The second-order valence-corrected chi connectivity index (χ2v) is 0. The molecule has 0 N–H and O–H groups in total. The molecule has 0 amide bonds. The molecule has 0 aliphatic carbocycles. The fraction of sp³-hybridized carbons (Fsp3) is 0. The Labute approximate surface area is 158 Å². The second kappa shape index (κ2) is 518. The van der Waals surface area contributed by atoms with Crippen LogP contribution in [0.2, 0.25) is 0 Å². The zero-order valence-electron chi connectivity index (χ0n) is 6.00. The molecule has 0 spiro atoms. The molecular formula is H2CaCrCuF10FeI. The first-order valence-corrected chi connectivity index (χ1v) is 0. The van der Waals surface area contributed by atoms with Crippen molar-refractivity contribution < 1.29 is 123 Å². The minimum absolute atomic E-state index is 0. The zero-order valence-corrected chi connectivity index (χ0v) is 14.1. The Morgan fingerprint density at radius 1 is 0.400 bits per heavy atom. The monoisotopic (exact) mass is 530 g/mol. The summed E-state index contributed by atoms with van der Waals surface area (Å²) >= 11 is 0. The average Bonchev–Trinajstić information content (AvgIpc) is 0. The molecule has 0 fully saturated rings. The van der Waals surface area contributed by atoms with Gasteiger partial charge in [-0.3, -0.25) is 0 Å². The Morgan fingerprint density at radius 2 is 0.400 bits per heavy atom. The van der Waals surface area contributed by atoms with E-state index in [1.54, 1.807) is 0 Å². The normalized spacial score (nSPS) is 0. The van der Waals surface area contributed by atoms with Gasteiger partial charge in [0.25, 0.3) is 0 Å². The van der Waals surface area contributed by atoms with E-state index in [-0.39, 0.29) is 160 Å². The van der Waals surface area contributed by atoms with Crippen LogP contribution < -0.4 is 71.0 Å². The molecule has 0 bridgehead atoms. The molecular weight excluding hydrogens is 528 g/mol. The van der Waals surface area contributed by atoms with Crippen LogP contribution >= 0.6 is 0 Å². The van der Waals surface area contributed by atoms with Crippen LogP contribution in [0.25, 0.3) is 0 Å². The van der Waals surface area contributed by atoms with Crippen LogP contribution in [-0.2, 0) is 51.5 Å². The largest absolute Gasteiger partial charge is 3.00 e. The summed E-state index contributed by atoms with van der Waals surface area (Å²) in [5, 5.41) is 0. The number of hydrogen-bond acceptors (Lipinski definition) is 0. The molecule has 2 radical (unpaired) electrons. The molecule has 0 aromatic carbocycles. The third kappa shape index (κ3) is 455. The first-order chi connectivity index (χ1) is 0. The Morgan fingerprint density at radius 3 is 0.400 bits per heavy atom. The molecule has 0 heterocycles. The first kappa shape index (κ1) is 620. The third-order valence-electron chi connectivity index (χ3n) is 0. The van der Waals surface area contributed by atoms with Gasteiger partial charge in [0.1, 0.15) is 0 Å². The summed E-state index contributed by atoms with van der Waals surface area (Å²) in [6, 6.07) is 0. The van der Waals surface area contributed by atoms with E-state index in [1.807, 2.05) is 0 Å². The Bertz CT molecular complexity index is 25.4. The molecule has 0 unspecified atom stereocenters. The van der Waals surface area contributed by atoms with Crippen molar-refractivity contribution in [3.8, 4) is 0 Å². The van der Waals surface area contributed by atoms with Crippen LogP contribution in [0, 0.1) is 0 Å². The van der Waals surface area contributed by atoms with Crippen LogP contribution in [0.15, 0.2) is 0 Å². The molecule has 0 aliphatic heterocycles. The van der Waals surface area contributed by atoms with E-state index in [1.165, 1.54) is 0 Å². The van der Waals surface area contributed by atoms with Gasteiger partial charge < -0.3 is 47.0 Å². The van der Waals surface area contributed by atoms with Gasteiger partial charge in [-0.1, -0.05) is 0 Å². The van der Waals surface area contributed by atoms with Crippen molar-refractivity contribution in [2.75, 3.05) is 0 Å². The maximum atomic E-state index is 0. The maximum absolute atomic E-state index is 0. The van der Waals surface area contributed by atoms with Crippen molar-refractivity contribution in [1.29, 1.82) is 0 Å². The van der Waals surface area contributed by atoms with E-state index in [0.717, 1.165) is 0 Å². The summed E-state index contributed by atoms with van der Waals surface area (Å²) in [5.74, 6) is 0. The summed E-state index contributed by atoms with van der Waals surface area (Å²) in [7, 11) is 0. The number of hydrogen-bond donors (Lipinski definition) is 0. The van der Waals surface area contributed by atoms with Crippen molar-refractivity contribution in [2.45, 2.75) is 0 Å². The van der Waals surface area contributed by atoms with E-state index in [0.29, 0.717) is 0 Å². The van der Waals surface area contributed by atoms with E-state index in [9.17, 15) is 0 Å². The number of halogens is 11. The van der Waals surface area contributed by atoms with Crippen molar-refractivity contribution in [3.63, 3.8) is 0 Å². The number of rotatable bonds is 0. The first-order valence-electron chi connectivity index (χ1n) is 0. The van der Waals surface area contributed by atoms with E-state index in [2.05, 4.69) is 0 Å². The molecule has 0 rings (SSSR count). The van der Waals surface area contributed by atoms with Crippen LogP contribution in [0.4, 0.5) is 0 Å². The maximum Gasteiger partial charge on any atom is 3.00 e. The second-order valence-electron chi connectivity index (χ2n) is 0. The smallest absolute Gasteiger partial charge is 1.00 e. The fourth-order valence-electron chi connectivity index (χ4n) is 0. The predicted octanol–water partition coefficient (Wildman–Crippen LogP) is -33.9. The molecule has 106 valence electrons. The molecule has 0 aromatic rings. The van der Waals surface area contributed by atoms with Gasteiger partial charge >= 0.3 is 89.2 Å². The zero-order chi connectivity index (χ0) is 0. The van der Waals surface area contributed by atoms with E-state index < -0.39 is 0 Å². The molecule has 0 saturated carbocycles. The summed E-state index contributed by atoms with van der Waals surface area (Å²) < 4.78 is 0. The summed E-state index contributed by atoms with van der Waals surface area (Å²) in [5.41, 5.74) is 0. The van der Waals surface area contributed by atoms with Gasteiger partial charge in [-0.15, -0.1) is 0 Å². The molecule has 15 heavy (non-hydrogen) atoms. The van der Waals surface area contributed by atoms with Crippen molar-refractivity contribution >= 4 is 37.7 Å². The van der Waals surface area contributed by atoms with Crippen molar-refractivity contribution in [2.24, 2.45) is 0 Å². The Balaban J connectivity index is 0. The average molecular weight is 530 g/mol. The SMILES string of the molecule is [Ca+2].[Cr+3].[Cu+2].[F-].[F-].[F-].[F-].[F-].[F-].[F-].[F-].[F-].[F-].[Fe+2].[IH2+]. The topological polar surface area (TPSA) is 0 Å². The van der Waals surface area contributed by atoms with Gasteiger partial charge in [0.05, 0.1) is 0 Å². The van der Waals surface area contributed by atoms with Gasteiger partial charge in [0.2, 0.25) is 24.0 Å². The van der Waals surface area contributed by atoms with Gasteiger partial charge in [-0.05, 0) is 0 Å². The van der Waals surface area contributed by atoms with Crippen molar-refractivity contribution in [3.05, 3.63) is 0 Å². The quantitative estimate of drug-likeness (QED) is 0.166. The molecule has 0 saturated heterocycles. The third-order valence-corrected chi connectivity index (χ3v) is 0. The minimum atomic E-state index is 0. The van der Waals surface area contributed by atoms with Gasteiger partial charge in [0, 0.05) is 0 Å². The predicted molar refractivity (Wildman–Crippen MR) is 8.54 cm³/mol. The molecule has 0 aromatic heterocycles.